The van der Waals surface area contributed by atoms with Crippen molar-refractivity contribution in [1.82, 2.24) is 14.5 Å². The molecular weight excluding hydrogens is 318 g/mol. The van der Waals surface area contributed by atoms with Gasteiger partial charge in [0.05, 0.1) is 10.9 Å². The summed E-state index contributed by atoms with van der Waals surface area (Å²) in [5.41, 5.74) is -0.289. The van der Waals surface area contributed by atoms with Crippen LogP contribution < -0.4 is 11.2 Å². The molecule has 3 rings (SSSR count). The largest absolute Gasteiger partial charge is 0.345 e. The second-order valence-corrected chi connectivity index (χ2v) is 6.96. The van der Waals surface area contributed by atoms with Gasteiger partial charge in [0.1, 0.15) is 0 Å². The van der Waals surface area contributed by atoms with Gasteiger partial charge < -0.3 is 4.90 Å². The van der Waals surface area contributed by atoms with Gasteiger partial charge in [-0.05, 0) is 30.9 Å². The molecule has 1 fully saturated rings. The lowest BCUT2D eigenvalue weighted by Crippen LogP contribution is -2.35. The molecule has 1 aromatic heterocycles. The van der Waals surface area contributed by atoms with Crippen LogP contribution in [-0.2, 0) is 11.3 Å². The molecule has 1 saturated carbocycles. The molecule has 134 valence electrons. The fourth-order valence-corrected chi connectivity index (χ4v) is 3.72. The van der Waals surface area contributed by atoms with Gasteiger partial charge in [-0.1, -0.05) is 31.4 Å². The lowest BCUT2D eigenvalue weighted by molar-refractivity contribution is -0.130. The molecule has 0 unspecified atom stereocenters. The maximum Gasteiger partial charge on any atom is 0.328 e. The third kappa shape index (κ3) is 4.00. The van der Waals surface area contributed by atoms with E-state index in [-0.39, 0.29) is 18.9 Å². The molecule has 0 radical (unpaired) electrons. The number of fused-ring (bicyclic) bond motifs is 1. The minimum Gasteiger partial charge on any atom is -0.345 e. The summed E-state index contributed by atoms with van der Waals surface area (Å²) in [5.74, 6) is 0.632. The summed E-state index contributed by atoms with van der Waals surface area (Å²) in [7, 11) is 1.84. The van der Waals surface area contributed by atoms with Gasteiger partial charge in [0.2, 0.25) is 5.91 Å². The summed E-state index contributed by atoms with van der Waals surface area (Å²) < 4.78 is 1.48. The number of nitrogens with zero attached hydrogens (tertiary/aromatic N) is 2. The molecule has 6 heteroatoms. The van der Waals surface area contributed by atoms with Crippen LogP contribution in [-0.4, -0.2) is 34.0 Å². The van der Waals surface area contributed by atoms with Gasteiger partial charge in [-0.2, -0.15) is 0 Å². The summed E-state index contributed by atoms with van der Waals surface area (Å²) in [6, 6.07) is 6.97. The molecule has 0 aliphatic heterocycles. The molecule has 1 aromatic carbocycles. The number of aromatic nitrogens is 2. The topological polar surface area (TPSA) is 75.2 Å². The van der Waals surface area contributed by atoms with Gasteiger partial charge in [0.15, 0.2) is 0 Å². The van der Waals surface area contributed by atoms with E-state index in [4.69, 9.17) is 0 Å². The molecule has 0 atom stereocenters. The fraction of sp³-hybridized carbons (Fsp3) is 0.526. The zero-order valence-corrected chi connectivity index (χ0v) is 14.7. The molecule has 0 saturated heterocycles. The number of rotatable bonds is 5. The Hall–Kier alpha value is -2.37. The lowest BCUT2D eigenvalue weighted by Gasteiger charge is -2.27. The monoisotopic (exact) mass is 343 g/mol. The van der Waals surface area contributed by atoms with Gasteiger partial charge in [-0.15, -0.1) is 0 Å². The van der Waals surface area contributed by atoms with Crippen molar-refractivity contribution < 1.29 is 4.79 Å². The number of carbonyl (C=O) groups excluding carboxylic acids is 1. The van der Waals surface area contributed by atoms with Crippen LogP contribution in [0.15, 0.2) is 33.9 Å². The van der Waals surface area contributed by atoms with E-state index in [1.807, 2.05) is 7.05 Å². The average Bonchev–Trinajstić information content (AvgIpc) is 2.62. The summed E-state index contributed by atoms with van der Waals surface area (Å²) in [4.78, 5) is 40.6. The highest BCUT2D eigenvalue weighted by Crippen LogP contribution is 2.24. The van der Waals surface area contributed by atoms with Crippen molar-refractivity contribution in [1.29, 1.82) is 0 Å². The Labute approximate surface area is 146 Å². The van der Waals surface area contributed by atoms with Crippen molar-refractivity contribution >= 4 is 16.8 Å². The minimum absolute atomic E-state index is 0.0350. The van der Waals surface area contributed by atoms with Gasteiger partial charge in [-0.3, -0.25) is 19.1 Å². The number of benzene rings is 1. The highest BCUT2D eigenvalue weighted by atomic mass is 16.2. The normalized spacial score (nSPS) is 15.4. The molecule has 1 aliphatic carbocycles. The van der Waals surface area contributed by atoms with Crippen molar-refractivity contribution in [3.8, 4) is 0 Å². The van der Waals surface area contributed by atoms with Gasteiger partial charge >= 0.3 is 5.69 Å². The van der Waals surface area contributed by atoms with Crippen molar-refractivity contribution in [2.45, 2.75) is 45.1 Å². The summed E-state index contributed by atoms with van der Waals surface area (Å²) >= 11 is 0. The smallest absolute Gasteiger partial charge is 0.328 e. The lowest BCUT2D eigenvalue weighted by atomic mass is 9.89. The third-order valence-corrected chi connectivity index (χ3v) is 5.14. The number of aromatic amines is 1. The van der Waals surface area contributed by atoms with Crippen molar-refractivity contribution in [3.63, 3.8) is 0 Å². The molecule has 0 spiro atoms. The molecule has 1 heterocycles. The quantitative estimate of drug-likeness (QED) is 0.903. The SMILES string of the molecule is CN(CC1CCCCC1)C(=O)CCn1c(=O)[nH]c(=O)c2ccccc21. The van der Waals surface area contributed by atoms with E-state index >= 15 is 0 Å². The second-order valence-electron chi connectivity index (χ2n) is 6.96. The molecule has 1 aliphatic rings. The molecule has 1 amide bonds. The number of nitrogens with one attached hydrogen (secondary N) is 1. The molecule has 6 nitrogen and oxygen atoms in total. The summed E-state index contributed by atoms with van der Waals surface area (Å²) in [5, 5.41) is 0.463. The first-order valence-corrected chi connectivity index (χ1v) is 9.02. The number of aryl methyl sites for hydroxylation is 1. The van der Waals surface area contributed by atoms with E-state index in [1.54, 1.807) is 29.2 Å². The number of H-pyrrole nitrogens is 1. The standard InChI is InChI=1S/C19H25N3O3/c1-21(13-14-7-3-2-4-8-14)17(23)11-12-22-16-10-6-5-9-15(16)18(24)20-19(22)25/h5-6,9-10,14H,2-4,7-8,11-13H2,1H3,(H,20,24,25). The van der Waals surface area contributed by atoms with Gasteiger partial charge in [0, 0.05) is 26.6 Å². The molecular formula is C19H25N3O3. The zero-order chi connectivity index (χ0) is 17.8. The van der Waals surface area contributed by atoms with Crippen LogP contribution in [0.2, 0.25) is 0 Å². The Balaban J connectivity index is 1.69. The maximum absolute atomic E-state index is 12.4. The van der Waals surface area contributed by atoms with E-state index in [9.17, 15) is 14.4 Å². The molecule has 0 bridgehead atoms. The Morgan fingerprint density at radius 3 is 2.68 bits per heavy atom. The summed E-state index contributed by atoms with van der Waals surface area (Å²) in [6.07, 6.45) is 6.45. The maximum atomic E-state index is 12.4. The van der Waals surface area contributed by atoms with Crippen LogP contribution in [0.1, 0.15) is 38.5 Å². The first-order valence-electron chi connectivity index (χ1n) is 9.02. The third-order valence-electron chi connectivity index (χ3n) is 5.14. The molecule has 1 N–H and O–H groups in total. The van der Waals surface area contributed by atoms with Crippen molar-refractivity contribution in [3.05, 3.63) is 45.1 Å². The molecule has 25 heavy (non-hydrogen) atoms. The number of amides is 1. The first-order chi connectivity index (χ1) is 12.1. The highest BCUT2D eigenvalue weighted by molar-refractivity contribution is 5.78. The van der Waals surface area contributed by atoms with E-state index < -0.39 is 11.2 Å². The fourth-order valence-electron chi connectivity index (χ4n) is 3.72. The van der Waals surface area contributed by atoms with E-state index in [0.29, 0.717) is 16.8 Å². The number of hydrogen-bond acceptors (Lipinski definition) is 3. The number of carbonyl (C=O) groups is 1. The van der Waals surface area contributed by atoms with Crippen LogP contribution in [0.4, 0.5) is 0 Å². The van der Waals surface area contributed by atoms with Crippen molar-refractivity contribution in [2.75, 3.05) is 13.6 Å². The van der Waals surface area contributed by atoms with E-state index in [0.717, 1.165) is 6.54 Å². The highest BCUT2D eigenvalue weighted by Gasteiger charge is 2.18. The number of para-hydroxylation sites is 1. The molecule has 2 aromatic rings. The Morgan fingerprint density at radius 2 is 1.92 bits per heavy atom. The minimum atomic E-state index is -0.466. The van der Waals surface area contributed by atoms with Crippen LogP contribution in [0.25, 0.3) is 10.9 Å². The van der Waals surface area contributed by atoms with Crippen LogP contribution >= 0.6 is 0 Å². The van der Waals surface area contributed by atoms with Gasteiger partial charge in [-0.25, -0.2) is 4.79 Å². The Morgan fingerprint density at radius 1 is 1.20 bits per heavy atom. The number of hydrogen-bond donors (Lipinski definition) is 1. The Kier molecular flexibility index (Phi) is 5.36. The van der Waals surface area contributed by atoms with Crippen LogP contribution in [0.3, 0.4) is 0 Å². The van der Waals surface area contributed by atoms with E-state index in [2.05, 4.69) is 4.98 Å². The van der Waals surface area contributed by atoms with Crippen LogP contribution in [0, 0.1) is 5.92 Å². The zero-order valence-electron chi connectivity index (χ0n) is 14.7. The summed E-state index contributed by atoms with van der Waals surface area (Å²) in [6.45, 7) is 1.06. The van der Waals surface area contributed by atoms with E-state index in [1.165, 1.54) is 36.7 Å². The first kappa shape index (κ1) is 17.5. The predicted molar refractivity (Wildman–Crippen MR) is 97.7 cm³/mol. The second kappa shape index (κ2) is 7.68. The predicted octanol–water partition coefficient (Wildman–Crippen LogP) is 2.12. The average molecular weight is 343 g/mol. The van der Waals surface area contributed by atoms with Gasteiger partial charge in [0.25, 0.3) is 5.56 Å². The Bertz CT molecular complexity index is 862. The van der Waals surface area contributed by atoms with Crippen molar-refractivity contribution in [2.24, 2.45) is 5.92 Å². The van der Waals surface area contributed by atoms with Crippen LogP contribution in [0.5, 0.6) is 0 Å².